The van der Waals surface area contributed by atoms with E-state index >= 15 is 0 Å². The van der Waals surface area contributed by atoms with Crippen molar-refractivity contribution in [2.75, 3.05) is 26.9 Å². The molecule has 0 aromatic rings. The van der Waals surface area contributed by atoms with Crippen LogP contribution in [0.4, 0.5) is 0 Å². The number of ether oxygens (including phenoxy) is 4. The fraction of sp³-hybridized carbons (Fsp3) is 0.917. The zero-order chi connectivity index (χ0) is 21.6. The Morgan fingerprint density at radius 1 is 1.10 bits per heavy atom. The second-order valence-electron chi connectivity index (χ2n) is 11.5. The fourth-order valence-electron chi connectivity index (χ4n) is 8.75. The fourth-order valence-corrected chi connectivity index (χ4v) is 8.75. The van der Waals surface area contributed by atoms with E-state index in [0.29, 0.717) is 38.1 Å². The first-order valence-corrected chi connectivity index (χ1v) is 12.0. The van der Waals surface area contributed by atoms with Crippen molar-refractivity contribution in [3.05, 3.63) is 0 Å². The predicted octanol–water partition coefficient (Wildman–Crippen LogP) is 2.23. The Morgan fingerprint density at radius 2 is 1.84 bits per heavy atom. The van der Waals surface area contributed by atoms with E-state index in [9.17, 15) is 14.7 Å². The highest BCUT2D eigenvalue weighted by atomic mass is 16.6. The van der Waals surface area contributed by atoms with E-state index in [4.69, 9.17) is 18.9 Å². The van der Waals surface area contributed by atoms with Crippen molar-refractivity contribution in [3.8, 4) is 0 Å². The Hall–Kier alpha value is -1.18. The minimum absolute atomic E-state index is 0.00677. The summed E-state index contributed by atoms with van der Waals surface area (Å²) in [4.78, 5) is 25.1. The average Bonchev–Trinajstić information content (AvgIpc) is 3.34. The Morgan fingerprint density at radius 3 is 2.52 bits per heavy atom. The van der Waals surface area contributed by atoms with Crippen LogP contribution in [0, 0.1) is 34.5 Å². The summed E-state index contributed by atoms with van der Waals surface area (Å²) in [6, 6.07) is 0. The van der Waals surface area contributed by atoms with Crippen LogP contribution in [0.15, 0.2) is 0 Å². The molecule has 1 aliphatic heterocycles. The highest BCUT2D eigenvalue weighted by molar-refractivity contribution is 5.82. The quantitative estimate of drug-likeness (QED) is 0.679. The van der Waals surface area contributed by atoms with Crippen molar-refractivity contribution >= 4 is 11.9 Å². The molecule has 0 amide bonds. The largest absolute Gasteiger partial charge is 0.469 e. The molecule has 0 aromatic heterocycles. The molecule has 172 valence electrons. The van der Waals surface area contributed by atoms with E-state index in [1.165, 1.54) is 7.11 Å². The van der Waals surface area contributed by atoms with Gasteiger partial charge in [-0.2, -0.15) is 0 Å². The van der Waals surface area contributed by atoms with Crippen molar-refractivity contribution in [2.45, 2.75) is 75.6 Å². The molecule has 6 aliphatic rings. The smallest absolute Gasteiger partial charge is 0.312 e. The second-order valence-corrected chi connectivity index (χ2v) is 11.5. The number of hydrogen-bond acceptors (Lipinski definition) is 7. The second kappa shape index (κ2) is 6.45. The average molecular weight is 435 g/mol. The molecule has 1 saturated heterocycles. The molecule has 0 radical (unpaired) electrons. The maximum atomic E-state index is 13.2. The lowest BCUT2D eigenvalue weighted by atomic mass is 9.30. The van der Waals surface area contributed by atoms with Crippen LogP contribution in [0.1, 0.15) is 58.3 Å². The van der Waals surface area contributed by atoms with Gasteiger partial charge in [0.2, 0.25) is 0 Å². The van der Waals surface area contributed by atoms with E-state index in [-0.39, 0.29) is 40.7 Å². The van der Waals surface area contributed by atoms with Crippen LogP contribution in [0.5, 0.6) is 0 Å². The van der Waals surface area contributed by atoms with Gasteiger partial charge < -0.3 is 24.1 Å². The molecule has 5 aliphatic carbocycles. The van der Waals surface area contributed by atoms with Crippen molar-refractivity contribution < 1.29 is 33.6 Å². The summed E-state index contributed by atoms with van der Waals surface area (Å²) < 4.78 is 23.3. The monoisotopic (exact) mass is 434 g/mol. The first-order chi connectivity index (χ1) is 14.8. The lowest BCUT2D eigenvalue weighted by Gasteiger charge is -2.72. The van der Waals surface area contributed by atoms with Gasteiger partial charge in [-0.1, -0.05) is 0 Å². The van der Waals surface area contributed by atoms with Gasteiger partial charge in [-0.15, -0.1) is 0 Å². The summed E-state index contributed by atoms with van der Waals surface area (Å²) in [6.45, 7) is 3.27. The van der Waals surface area contributed by atoms with E-state index in [2.05, 4.69) is 0 Å². The van der Waals surface area contributed by atoms with Crippen molar-refractivity contribution in [3.63, 3.8) is 0 Å². The van der Waals surface area contributed by atoms with Gasteiger partial charge in [0.15, 0.2) is 0 Å². The number of hydrogen-bond donors (Lipinski definition) is 1. The van der Waals surface area contributed by atoms with Gasteiger partial charge in [0.25, 0.3) is 0 Å². The van der Waals surface area contributed by atoms with Gasteiger partial charge in [-0.25, -0.2) is 0 Å². The van der Waals surface area contributed by atoms with Crippen LogP contribution >= 0.6 is 0 Å². The molecule has 2 bridgehead atoms. The third-order valence-electron chi connectivity index (χ3n) is 10.2. The van der Waals surface area contributed by atoms with Crippen LogP contribution in [0.2, 0.25) is 0 Å². The summed E-state index contributed by atoms with van der Waals surface area (Å²) in [7, 11) is 1.43. The molecule has 7 nitrogen and oxygen atoms in total. The number of rotatable bonds is 4. The zero-order valence-electron chi connectivity index (χ0n) is 18.6. The molecule has 7 heteroatoms. The van der Waals surface area contributed by atoms with Crippen LogP contribution in [0.25, 0.3) is 0 Å². The third-order valence-corrected chi connectivity index (χ3v) is 10.2. The third kappa shape index (κ3) is 2.51. The maximum Gasteiger partial charge on any atom is 0.312 e. The SMILES string of the molecule is COC(=O)C1CCC2(C1)OCC(COC(=O)C13CC4CC5(O)CC(C1)C43C5)COC2C. The number of carbonyl (C=O) groups is 2. The molecular formula is C24H34O7. The van der Waals surface area contributed by atoms with E-state index < -0.39 is 11.2 Å². The standard InChI is InChI=1S/C24H34O7/c1-14-23(4-3-16(5-23)19(25)28-2)31-12-15(10-29-14)11-30-20(26)22-8-17-6-21(27)7-18(9-22)24(17,22)13-21/h14-18,27H,3-13H2,1-2H3. The molecule has 6 fully saturated rings. The lowest BCUT2D eigenvalue weighted by molar-refractivity contribution is -0.267. The number of aliphatic hydroxyl groups is 1. The van der Waals surface area contributed by atoms with Gasteiger partial charge in [-0.3, -0.25) is 9.59 Å². The Bertz CT molecular complexity index is 792. The van der Waals surface area contributed by atoms with Crippen molar-refractivity contribution in [1.82, 2.24) is 0 Å². The lowest BCUT2D eigenvalue weighted by Crippen LogP contribution is -2.71. The van der Waals surface area contributed by atoms with E-state index in [1.54, 1.807) is 0 Å². The summed E-state index contributed by atoms with van der Waals surface area (Å²) in [5.41, 5.74) is -1.30. The Labute approximate surface area is 183 Å². The number of carbonyl (C=O) groups excluding carboxylic acids is 2. The summed E-state index contributed by atoms with van der Waals surface area (Å²) in [6.07, 6.45) is 6.33. The van der Waals surface area contributed by atoms with Crippen molar-refractivity contribution in [2.24, 2.45) is 34.5 Å². The summed E-state index contributed by atoms with van der Waals surface area (Å²) in [5.74, 6) is 0.626. The molecule has 1 heterocycles. The minimum Gasteiger partial charge on any atom is -0.469 e. The summed E-state index contributed by atoms with van der Waals surface area (Å²) >= 11 is 0. The predicted molar refractivity (Wildman–Crippen MR) is 108 cm³/mol. The molecule has 31 heavy (non-hydrogen) atoms. The van der Waals surface area contributed by atoms with Gasteiger partial charge in [0, 0.05) is 5.92 Å². The Kier molecular flexibility index (Phi) is 4.25. The Balaban J connectivity index is 1.06. The van der Waals surface area contributed by atoms with Gasteiger partial charge in [-0.05, 0) is 75.5 Å². The zero-order valence-corrected chi connectivity index (χ0v) is 18.6. The topological polar surface area (TPSA) is 91.3 Å². The molecule has 6 atom stereocenters. The number of fused-ring (bicyclic) bond motifs is 1. The maximum absolute atomic E-state index is 13.2. The number of methoxy groups -OCH3 is 1. The normalized spacial score (nSPS) is 54.0. The van der Waals surface area contributed by atoms with Crippen LogP contribution in [-0.2, 0) is 28.5 Å². The summed E-state index contributed by atoms with van der Waals surface area (Å²) in [5, 5.41) is 10.8. The molecular weight excluding hydrogens is 400 g/mol. The van der Waals surface area contributed by atoms with E-state index in [1.807, 2.05) is 6.92 Å². The molecule has 5 saturated carbocycles. The number of esters is 2. The molecule has 2 spiro atoms. The van der Waals surface area contributed by atoms with Gasteiger partial charge in [0.1, 0.15) is 0 Å². The molecule has 0 aromatic carbocycles. The first-order valence-electron chi connectivity index (χ1n) is 12.0. The minimum atomic E-state index is -0.523. The first kappa shape index (κ1) is 20.4. The molecule has 6 unspecified atom stereocenters. The van der Waals surface area contributed by atoms with E-state index in [0.717, 1.165) is 44.9 Å². The van der Waals surface area contributed by atoms with Gasteiger partial charge in [0.05, 0.1) is 55.6 Å². The van der Waals surface area contributed by atoms with Gasteiger partial charge >= 0.3 is 11.9 Å². The molecule has 1 N–H and O–H groups in total. The highest BCUT2D eigenvalue weighted by Crippen LogP contribution is 2.87. The van der Waals surface area contributed by atoms with Crippen LogP contribution < -0.4 is 0 Å². The molecule has 6 rings (SSSR count). The highest BCUT2D eigenvalue weighted by Gasteiger charge is 2.87. The van der Waals surface area contributed by atoms with Crippen LogP contribution in [0.3, 0.4) is 0 Å². The van der Waals surface area contributed by atoms with Crippen LogP contribution in [-0.4, -0.2) is 61.3 Å². The van der Waals surface area contributed by atoms with Crippen molar-refractivity contribution in [1.29, 1.82) is 0 Å².